The van der Waals surface area contributed by atoms with Gasteiger partial charge in [-0.2, -0.15) is 5.10 Å². The first-order valence-electron chi connectivity index (χ1n) is 10.8. The smallest absolute Gasteiger partial charge is 0.153 e. The molecule has 0 atom stereocenters. The predicted octanol–water partition coefficient (Wildman–Crippen LogP) is 2.48. The Hall–Kier alpha value is -3.64. The number of likely N-dealkylation sites (N-methyl/N-ethyl adjacent to an activating group) is 1. The first kappa shape index (κ1) is 21.6. The van der Waals surface area contributed by atoms with Crippen LogP contribution in [0.25, 0.3) is 6.08 Å². The van der Waals surface area contributed by atoms with E-state index in [1.165, 1.54) is 0 Å². The Balaban J connectivity index is 1.46. The van der Waals surface area contributed by atoms with Gasteiger partial charge in [0.1, 0.15) is 23.3 Å². The highest BCUT2D eigenvalue weighted by atomic mass is 15.3. The maximum Gasteiger partial charge on any atom is 0.153 e. The molecular weight excluding hydrogens is 402 g/mol. The van der Waals surface area contributed by atoms with E-state index in [0.717, 1.165) is 61.0 Å². The van der Waals surface area contributed by atoms with Gasteiger partial charge in [0.15, 0.2) is 5.82 Å². The van der Waals surface area contributed by atoms with Crippen LogP contribution < -0.4 is 10.2 Å². The molecule has 0 bridgehead atoms. The van der Waals surface area contributed by atoms with Gasteiger partial charge in [-0.05, 0) is 20.0 Å². The molecule has 2 N–H and O–H groups in total. The molecule has 3 aromatic heterocycles. The minimum Gasteiger partial charge on any atom is -0.354 e. The average Bonchev–Trinajstić information content (AvgIpc) is 3.42. The molecule has 3 aromatic rings. The topological polar surface area (TPSA) is 90.8 Å². The zero-order valence-electron chi connectivity index (χ0n) is 18.7. The van der Waals surface area contributed by atoms with Crippen molar-refractivity contribution in [3.63, 3.8) is 0 Å². The lowest BCUT2D eigenvalue weighted by Crippen LogP contribution is -2.44. The van der Waals surface area contributed by atoms with Gasteiger partial charge in [0.05, 0.1) is 6.54 Å². The van der Waals surface area contributed by atoms with Crippen LogP contribution in [0.15, 0.2) is 31.1 Å². The van der Waals surface area contributed by atoms with Gasteiger partial charge in [-0.25, -0.2) is 15.0 Å². The van der Waals surface area contributed by atoms with Crippen molar-refractivity contribution in [2.24, 2.45) is 0 Å². The van der Waals surface area contributed by atoms with E-state index in [2.05, 4.69) is 55.8 Å². The molecule has 1 saturated heterocycles. The first-order valence-corrected chi connectivity index (χ1v) is 10.8. The average molecular weight is 432 g/mol. The molecule has 4 rings (SSSR count). The lowest BCUT2D eigenvalue weighted by molar-refractivity contribution is 0.312. The predicted molar refractivity (Wildman–Crippen MR) is 127 cm³/mol. The molecule has 1 aliphatic rings. The van der Waals surface area contributed by atoms with Gasteiger partial charge in [0, 0.05) is 69.2 Å². The minimum atomic E-state index is 0.592. The Morgan fingerprint density at radius 3 is 2.75 bits per heavy atom. The molecular formula is C23H29N9. The van der Waals surface area contributed by atoms with E-state index in [9.17, 15) is 0 Å². The number of piperazine rings is 1. The van der Waals surface area contributed by atoms with E-state index in [4.69, 9.17) is 9.97 Å². The SMILES string of the molecule is C=Cc1nccn1CC#CCCc1nc(Nc2cc(C)[nH]n2)cc(N2CCN(C)CC2)n1. The van der Waals surface area contributed by atoms with E-state index in [0.29, 0.717) is 19.4 Å². The highest BCUT2D eigenvalue weighted by Gasteiger charge is 2.17. The summed E-state index contributed by atoms with van der Waals surface area (Å²) in [5.41, 5.74) is 0.994. The Bertz CT molecular complexity index is 1110. The van der Waals surface area contributed by atoms with Gasteiger partial charge in [-0.1, -0.05) is 12.5 Å². The van der Waals surface area contributed by atoms with Crippen LogP contribution >= 0.6 is 0 Å². The van der Waals surface area contributed by atoms with Gasteiger partial charge in [-0.15, -0.1) is 5.92 Å². The zero-order valence-corrected chi connectivity index (χ0v) is 18.7. The van der Waals surface area contributed by atoms with Crippen LogP contribution in [0.5, 0.6) is 0 Å². The summed E-state index contributed by atoms with van der Waals surface area (Å²) in [6, 6.07) is 3.96. The molecule has 32 heavy (non-hydrogen) atoms. The van der Waals surface area contributed by atoms with Crippen LogP contribution in [-0.4, -0.2) is 67.8 Å². The molecule has 9 nitrogen and oxygen atoms in total. The van der Waals surface area contributed by atoms with Crippen molar-refractivity contribution < 1.29 is 0 Å². The van der Waals surface area contributed by atoms with Crippen molar-refractivity contribution in [3.8, 4) is 11.8 Å². The molecule has 166 valence electrons. The molecule has 0 spiro atoms. The molecule has 0 amide bonds. The summed E-state index contributed by atoms with van der Waals surface area (Å²) >= 11 is 0. The lowest BCUT2D eigenvalue weighted by atomic mass is 10.2. The van der Waals surface area contributed by atoms with Gasteiger partial charge in [-0.3, -0.25) is 5.10 Å². The fraction of sp³-hybridized carbons (Fsp3) is 0.391. The fourth-order valence-corrected chi connectivity index (χ4v) is 3.52. The number of rotatable bonds is 7. The quantitative estimate of drug-likeness (QED) is 0.556. The monoisotopic (exact) mass is 431 g/mol. The van der Waals surface area contributed by atoms with E-state index in [1.807, 2.05) is 29.8 Å². The number of H-pyrrole nitrogens is 1. The lowest BCUT2D eigenvalue weighted by Gasteiger charge is -2.33. The summed E-state index contributed by atoms with van der Waals surface area (Å²) in [5, 5.41) is 10.5. The number of hydrogen-bond donors (Lipinski definition) is 2. The third kappa shape index (κ3) is 5.53. The van der Waals surface area contributed by atoms with E-state index < -0.39 is 0 Å². The Labute approximate surface area is 188 Å². The molecule has 4 heterocycles. The Morgan fingerprint density at radius 2 is 2.00 bits per heavy atom. The summed E-state index contributed by atoms with van der Waals surface area (Å²) < 4.78 is 1.97. The second-order valence-corrected chi connectivity index (χ2v) is 7.85. The zero-order chi connectivity index (χ0) is 22.3. The number of aromatic nitrogens is 6. The van der Waals surface area contributed by atoms with E-state index in [1.54, 1.807) is 12.3 Å². The van der Waals surface area contributed by atoms with Crippen molar-refractivity contribution in [1.82, 2.24) is 34.6 Å². The molecule has 0 unspecified atom stereocenters. The van der Waals surface area contributed by atoms with Gasteiger partial charge in [0.2, 0.25) is 0 Å². The number of anilines is 3. The highest BCUT2D eigenvalue weighted by molar-refractivity contribution is 5.57. The normalized spacial score (nSPS) is 14.1. The Kier molecular flexibility index (Phi) is 6.82. The number of imidazole rings is 1. The van der Waals surface area contributed by atoms with Crippen LogP contribution in [0.4, 0.5) is 17.5 Å². The second-order valence-electron chi connectivity index (χ2n) is 7.85. The molecule has 1 fully saturated rings. The van der Waals surface area contributed by atoms with Crippen LogP contribution in [0.3, 0.4) is 0 Å². The van der Waals surface area contributed by atoms with Gasteiger partial charge >= 0.3 is 0 Å². The molecule has 9 heteroatoms. The first-order chi connectivity index (χ1) is 15.6. The summed E-state index contributed by atoms with van der Waals surface area (Å²) in [4.78, 5) is 18.4. The third-order valence-electron chi connectivity index (χ3n) is 5.33. The largest absolute Gasteiger partial charge is 0.354 e. The number of aromatic amines is 1. The standard InChI is InChI=1S/C23H29N9/c1-4-22-24-9-11-31(22)10-7-5-6-8-19-25-20(26-21-16-18(2)28-29-21)17-23(27-19)32-14-12-30(3)13-15-32/h4,9,11,16-17H,1,6,8,10,12-15H2,2-3H3,(H2,25,26,27,28,29). The van der Waals surface area contributed by atoms with E-state index in [-0.39, 0.29) is 0 Å². The van der Waals surface area contributed by atoms with Gasteiger partial charge in [0.25, 0.3) is 0 Å². The second kappa shape index (κ2) is 10.1. The van der Waals surface area contributed by atoms with Crippen molar-refractivity contribution in [1.29, 1.82) is 0 Å². The Morgan fingerprint density at radius 1 is 1.16 bits per heavy atom. The fourth-order valence-electron chi connectivity index (χ4n) is 3.52. The van der Waals surface area contributed by atoms with Crippen molar-refractivity contribution in [3.05, 3.63) is 48.4 Å². The maximum atomic E-state index is 4.84. The number of nitrogens with zero attached hydrogens (tertiary/aromatic N) is 7. The summed E-state index contributed by atoms with van der Waals surface area (Å²) in [7, 11) is 2.15. The van der Waals surface area contributed by atoms with Crippen LogP contribution in [0.1, 0.15) is 23.8 Å². The highest BCUT2D eigenvalue weighted by Crippen LogP contribution is 2.21. The molecule has 0 aromatic carbocycles. The summed E-state index contributed by atoms with van der Waals surface area (Å²) in [5.74, 6) is 10.5. The number of nitrogens with one attached hydrogen (secondary N) is 2. The molecule has 0 aliphatic carbocycles. The molecule has 1 aliphatic heterocycles. The number of hydrogen-bond acceptors (Lipinski definition) is 7. The minimum absolute atomic E-state index is 0.592. The number of aryl methyl sites for hydroxylation is 2. The van der Waals surface area contributed by atoms with Crippen LogP contribution in [-0.2, 0) is 13.0 Å². The van der Waals surface area contributed by atoms with Crippen molar-refractivity contribution >= 4 is 23.5 Å². The summed E-state index contributed by atoms with van der Waals surface area (Å²) in [6.45, 7) is 10.3. The van der Waals surface area contributed by atoms with E-state index >= 15 is 0 Å². The van der Waals surface area contributed by atoms with Crippen molar-refractivity contribution in [2.75, 3.05) is 43.4 Å². The van der Waals surface area contributed by atoms with Gasteiger partial charge < -0.3 is 19.7 Å². The third-order valence-corrected chi connectivity index (χ3v) is 5.33. The molecule has 0 saturated carbocycles. The maximum absolute atomic E-state index is 4.84. The van der Waals surface area contributed by atoms with Crippen LogP contribution in [0, 0.1) is 18.8 Å². The van der Waals surface area contributed by atoms with Crippen LogP contribution in [0.2, 0.25) is 0 Å². The van der Waals surface area contributed by atoms with Crippen molar-refractivity contribution in [2.45, 2.75) is 26.3 Å². The molecule has 0 radical (unpaired) electrons. The summed E-state index contributed by atoms with van der Waals surface area (Å²) in [6.07, 6.45) is 6.76.